The van der Waals surface area contributed by atoms with Gasteiger partial charge in [-0.05, 0) is 18.6 Å². The second-order valence-electron chi connectivity index (χ2n) is 5.22. The molecule has 7 heteroatoms. The van der Waals surface area contributed by atoms with Gasteiger partial charge in [-0.15, -0.1) is 16.4 Å². The van der Waals surface area contributed by atoms with Gasteiger partial charge in [0.05, 0.1) is 5.69 Å². The van der Waals surface area contributed by atoms with Gasteiger partial charge in [0.25, 0.3) is 0 Å². The number of hydrogen-bond donors (Lipinski definition) is 1. The molecule has 0 radical (unpaired) electrons. The number of amides is 1. The zero-order valence-electron chi connectivity index (χ0n) is 12.8. The summed E-state index contributed by atoms with van der Waals surface area (Å²) in [6.07, 6.45) is 2.07. The second-order valence-corrected chi connectivity index (χ2v) is 6.05. The van der Waals surface area contributed by atoms with Crippen LogP contribution in [0.15, 0.2) is 29.6 Å². The Morgan fingerprint density at radius 2 is 2.30 bits per heavy atom. The molecule has 0 unspecified atom stereocenters. The van der Waals surface area contributed by atoms with Crippen LogP contribution in [0.5, 0.6) is 0 Å². The number of rotatable bonds is 6. The maximum absolute atomic E-state index is 13.3. The van der Waals surface area contributed by atoms with Crippen molar-refractivity contribution in [3.05, 3.63) is 41.2 Å². The molecule has 0 atom stereocenters. The lowest BCUT2D eigenvalue weighted by Crippen LogP contribution is -2.25. The quantitative estimate of drug-likeness (QED) is 0.755. The SMILES string of the molecule is CCCC(=O)NCCc1csc2nc(-c3cccc(F)c3)nn12. The van der Waals surface area contributed by atoms with Crippen LogP contribution < -0.4 is 5.32 Å². The van der Waals surface area contributed by atoms with E-state index in [0.29, 0.717) is 30.8 Å². The maximum Gasteiger partial charge on any atom is 0.219 e. The molecule has 0 aliphatic carbocycles. The van der Waals surface area contributed by atoms with Crippen molar-refractivity contribution < 1.29 is 9.18 Å². The topological polar surface area (TPSA) is 59.3 Å². The summed E-state index contributed by atoms with van der Waals surface area (Å²) in [4.78, 5) is 16.7. The first-order valence-electron chi connectivity index (χ1n) is 7.53. The average molecular weight is 332 g/mol. The maximum atomic E-state index is 13.3. The molecule has 23 heavy (non-hydrogen) atoms. The Morgan fingerprint density at radius 3 is 3.09 bits per heavy atom. The Labute approximate surface area is 137 Å². The standard InChI is InChI=1S/C16H17FN4OS/c1-2-4-14(22)18-8-7-13-10-23-16-19-15(20-21(13)16)11-5-3-6-12(17)9-11/h3,5-6,9-10H,2,4,7-8H2,1H3,(H,18,22). The molecule has 2 heterocycles. The van der Waals surface area contributed by atoms with E-state index in [1.165, 1.54) is 23.5 Å². The van der Waals surface area contributed by atoms with E-state index < -0.39 is 0 Å². The van der Waals surface area contributed by atoms with Crippen molar-refractivity contribution >= 4 is 22.2 Å². The van der Waals surface area contributed by atoms with Crippen molar-refractivity contribution in [2.75, 3.05) is 6.54 Å². The van der Waals surface area contributed by atoms with E-state index in [-0.39, 0.29) is 11.7 Å². The van der Waals surface area contributed by atoms with Gasteiger partial charge in [0.15, 0.2) is 5.82 Å². The van der Waals surface area contributed by atoms with Gasteiger partial charge in [0.2, 0.25) is 10.9 Å². The predicted molar refractivity (Wildman–Crippen MR) is 87.9 cm³/mol. The normalized spacial score (nSPS) is 11.0. The van der Waals surface area contributed by atoms with E-state index in [1.54, 1.807) is 16.6 Å². The Morgan fingerprint density at radius 1 is 1.43 bits per heavy atom. The lowest BCUT2D eigenvalue weighted by atomic mass is 10.2. The van der Waals surface area contributed by atoms with Crippen LogP contribution in [-0.2, 0) is 11.2 Å². The largest absolute Gasteiger partial charge is 0.356 e. The number of fused-ring (bicyclic) bond motifs is 1. The number of thiazole rings is 1. The number of nitrogens with zero attached hydrogens (tertiary/aromatic N) is 3. The van der Waals surface area contributed by atoms with Crippen molar-refractivity contribution in [2.45, 2.75) is 26.2 Å². The highest BCUT2D eigenvalue weighted by Gasteiger charge is 2.12. The third kappa shape index (κ3) is 3.56. The molecule has 2 aromatic heterocycles. The molecule has 0 bridgehead atoms. The Hall–Kier alpha value is -2.28. The van der Waals surface area contributed by atoms with Gasteiger partial charge in [-0.2, -0.15) is 4.98 Å². The van der Waals surface area contributed by atoms with Gasteiger partial charge >= 0.3 is 0 Å². The number of carbonyl (C=O) groups is 1. The number of carbonyl (C=O) groups excluding carboxylic acids is 1. The van der Waals surface area contributed by atoms with Crippen LogP contribution in [0, 0.1) is 5.82 Å². The summed E-state index contributed by atoms with van der Waals surface area (Å²) in [5, 5.41) is 9.32. The van der Waals surface area contributed by atoms with Crippen LogP contribution >= 0.6 is 11.3 Å². The summed E-state index contributed by atoms with van der Waals surface area (Å²) in [5.41, 5.74) is 1.64. The predicted octanol–water partition coefficient (Wildman–Crippen LogP) is 3.06. The molecule has 0 fully saturated rings. The molecule has 3 aromatic rings. The van der Waals surface area contributed by atoms with Gasteiger partial charge in [-0.1, -0.05) is 19.1 Å². The molecule has 1 aromatic carbocycles. The Balaban J connectivity index is 1.74. The smallest absolute Gasteiger partial charge is 0.219 e. The molecule has 0 saturated heterocycles. The van der Waals surface area contributed by atoms with Crippen LogP contribution in [0.4, 0.5) is 4.39 Å². The van der Waals surface area contributed by atoms with Gasteiger partial charge in [-0.3, -0.25) is 4.79 Å². The molecular formula is C16H17FN4OS. The van der Waals surface area contributed by atoms with E-state index >= 15 is 0 Å². The van der Waals surface area contributed by atoms with Crippen LogP contribution in [0.3, 0.4) is 0 Å². The minimum Gasteiger partial charge on any atom is -0.356 e. The Bertz CT molecular complexity index is 826. The van der Waals surface area contributed by atoms with E-state index in [1.807, 2.05) is 12.3 Å². The fraction of sp³-hybridized carbons (Fsp3) is 0.312. The first kappa shape index (κ1) is 15.6. The van der Waals surface area contributed by atoms with Crippen LogP contribution in [0.25, 0.3) is 16.3 Å². The lowest BCUT2D eigenvalue weighted by Gasteiger charge is -2.03. The number of halogens is 1. The molecule has 5 nitrogen and oxygen atoms in total. The van der Waals surface area contributed by atoms with Crippen molar-refractivity contribution in [2.24, 2.45) is 0 Å². The number of aromatic nitrogens is 3. The van der Waals surface area contributed by atoms with Crippen LogP contribution in [0.1, 0.15) is 25.5 Å². The first-order chi connectivity index (χ1) is 11.2. The van der Waals surface area contributed by atoms with Crippen molar-refractivity contribution in [1.82, 2.24) is 19.9 Å². The minimum atomic E-state index is -0.306. The van der Waals surface area contributed by atoms with Crippen molar-refractivity contribution in [1.29, 1.82) is 0 Å². The van der Waals surface area contributed by atoms with Gasteiger partial charge < -0.3 is 5.32 Å². The zero-order valence-corrected chi connectivity index (χ0v) is 13.6. The third-order valence-corrected chi connectivity index (χ3v) is 4.28. The third-order valence-electron chi connectivity index (χ3n) is 3.41. The fourth-order valence-corrected chi connectivity index (χ4v) is 3.15. The highest BCUT2D eigenvalue weighted by molar-refractivity contribution is 7.15. The van der Waals surface area contributed by atoms with Crippen LogP contribution in [-0.4, -0.2) is 27.0 Å². The summed E-state index contributed by atoms with van der Waals surface area (Å²) < 4.78 is 15.1. The monoisotopic (exact) mass is 332 g/mol. The number of hydrogen-bond acceptors (Lipinski definition) is 4. The zero-order chi connectivity index (χ0) is 16.2. The van der Waals surface area contributed by atoms with Gasteiger partial charge in [0.1, 0.15) is 5.82 Å². The summed E-state index contributed by atoms with van der Waals surface area (Å²) >= 11 is 1.49. The van der Waals surface area contributed by atoms with E-state index in [2.05, 4.69) is 15.4 Å². The number of nitrogens with one attached hydrogen (secondary N) is 1. The van der Waals surface area contributed by atoms with Crippen molar-refractivity contribution in [3.8, 4) is 11.4 Å². The lowest BCUT2D eigenvalue weighted by molar-refractivity contribution is -0.121. The second kappa shape index (κ2) is 6.87. The van der Waals surface area contributed by atoms with E-state index in [0.717, 1.165) is 17.1 Å². The van der Waals surface area contributed by atoms with Gasteiger partial charge in [0, 0.05) is 30.3 Å². The fourth-order valence-electron chi connectivity index (χ4n) is 2.29. The molecule has 3 rings (SSSR count). The van der Waals surface area contributed by atoms with Crippen molar-refractivity contribution in [3.63, 3.8) is 0 Å². The van der Waals surface area contributed by atoms with Crippen LogP contribution in [0.2, 0.25) is 0 Å². The summed E-state index contributed by atoms with van der Waals surface area (Å²) in [6.45, 7) is 2.55. The molecule has 0 saturated carbocycles. The molecule has 0 aliphatic heterocycles. The molecule has 120 valence electrons. The summed E-state index contributed by atoms with van der Waals surface area (Å²) in [5.74, 6) is 0.269. The molecule has 1 N–H and O–H groups in total. The molecule has 1 amide bonds. The minimum absolute atomic E-state index is 0.0676. The Kier molecular flexibility index (Phi) is 4.66. The number of benzene rings is 1. The summed E-state index contributed by atoms with van der Waals surface area (Å²) in [7, 11) is 0. The average Bonchev–Trinajstić information content (AvgIpc) is 3.09. The van der Waals surface area contributed by atoms with E-state index in [9.17, 15) is 9.18 Å². The highest BCUT2D eigenvalue weighted by atomic mass is 32.1. The van der Waals surface area contributed by atoms with Gasteiger partial charge in [-0.25, -0.2) is 8.91 Å². The first-order valence-corrected chi connectivity index (χ1v) is 8.41. The molecule has 0 aliphatic rings. The molecular weight excluding hydrogens is 315 g/mol. The van der Waals surface area contributed by atoms with E-state index in [4.69, 9.17) is 0 Å². The molecule has 0 spiro atoms. The highest BCUT2D eigenvalue weighted by Crippen LogP contribution is 2.21. The summed E-state index contributed by atoms with van der Waals surface area (Å²) in [6, 6.07) is 6.24.